The van der Waals surface area contributed by atoms with Gasteiger partial charge in [-0.1, -0.05) is 31.5 Å². The number of rotatable bonds is 10. The van der Waals surface area contributed by atoms with Crippen LogP contribution in [0.4, 0.5) is 0 Å². The van der Waals surface area contributed by atoms with Gasteiger partial charge in [-0.05, 0) is 31.4 Å². The van der Waals surface area contributed by atoms with Crippen LogP contribution in [0.5, 0.6) is 5.75 Å². The molecule has 0 bridgehead atoms. The molecule has 5 heteroatoms. The number of ether oxygens (including phenoxy) is 1. The molecule has 0 saturated carbocycles. The summed E-state index contributed by atoms with van der Waals surface area (Å²) in [7, 11) is 0. The number of hydrogen-bond acceptors (Lipinski definition) is 3. The number of carbonyl (C=O) groups is 2. The van der Waals surface area contributed by atoms with E-state index < -0.39 is 0 Å². The van der Waals surface area contributed by atoms with Crippen LogP contribution in [0.1, 0.15) is 38.7 Å². The van der Waals surface area contributed by atoms with Gasteiger partial charge in [0, 0.05) is 25.9 Å². The molecule has 0 spiro atoms. The van der Waals surface area contributed by atoms with Gasteiger partial charge in [-0.3, -0.25) is 9.59 Å². The van der Waals surface area contributed by atoms with Gasteiger partial charge in [0.1, 0.15) is 5.75 Å². The number of nitrogens with one attached hydrogen (secondary N) is 2. The van der Waals surface area contributed by atoms with Gasteiger partial charge in [-0.2, -0.15) is 0 Å². The van der Waals surface area contributed by atoms with Gasteiger partial charge in [-0.15, -0.1) is 0 Å². The molecular weight excluding hydrogens is 292 g/mol. The zero-order chi connectivity index (χ0) is 17.1. The van der Waals surface area contributed by atoms with E-state index in [4.69, 9.17) is 4.74 Å². The SMILES string of the molecule is Cc1ccc(OCCCC(=O)NCCNC(=O)CC(C)C)cc1. The first-order valence-electron chi connectivity index (χ1n) is 8.20. The van der Waals surface area contributed by atoms with Crippen LogP contribution in [0.2, 0.25) is 0 Å². The summed E-state index contributed by atoms with van der Waals surface area (Å²) in [6, 6.07) is 7.84. The molecule has 0 radical (unpaired) electrons. The molecule has 0 aromatic heterocycles. The van der Waals surface area contributed by atoms with Crippen LogP contribution in [0.3, 0.4) is 0 Å². The fraction of sp³-hybridized carbons (Fsp3) is 0.556. The molecule has 1 rings (SSSR count). The third-order valence-corrected chi connectivity index (χ3v) is 3.20. The van der Waals surface area contributed by atoms with E-state index in [1.54, 1.807) is 0 Å². The number of aryl methyl sites for hydroxylation is 1. The van der Waals surface area contributed by atoms with E-state index in [1.165, 1.54) is 5.56 Å². The first-order valence-corrected chi connectivity index (χ1v) is 8.20. The standard InChI is InChI=1S/C18H28N2O3/c1-14(2)13-18(22)20-11-10-19-17(21)5-4-12-23-16-8-6-15(3)7-9-16/h6-9,14H,4-5,10-13H2,1-3H3,(H,19,21)(H,20,22). The van der Waals surface area contributed by atoms with Crippen LogP contribution in [0.15, 0.2) is 24.3 Å². The van der Waals surface area contributed by atoms with E-state index in [0.29, 0.717) is 44.9 Å². The third-order valence-electron chi connectivity index (χ3n) is 3.20. The van der Waals surface area contributed by atoms with E-state index in [2.05, 4.69) is 10.6 Å². The predicted octanol–water partition coefficient (Wildman–Crippen LogP) is 2.43. The molecule has 0 heterocycles. The van der Waals surface area contributed by atoms with Gasteiger partial charge in [0.05, 0.1) is 6.61 Å². The van der Waals surface area contributed by atoms with Gasteiger partial charge in [-0.25, -0.2) is 0 Å². The quantitative estimate of drug-likeness (QED) is 0.651. The first kappa shape index (κ1) is 19.0. The van der Waals surface area contributed by atoms with Crippen LogP contribution >= 0.6 is 0 Å². The van der Waals surface area contributed by atoms with Gasteiger partial charge < -0.3 is 15.4 Å². The Labute approximate surface area is 138 Å². The summed E-state index contributed by atoms with van der Waals surface area (Å²) in [6.45, 7) is 7.47. The summed E-state index contributed by atoms with van der Waals surface area (Å²) < 4.78 is 5.57. The Kier molecular flexibility index (Phi) is 8.80. The van der Waals surface area contributed by atoms with Crippen LogP contribution in [0.25, 0.3) is 0 Å². The molecule has 0 fully saturated rings. The van der Waals surface area contributed by atoms with Crippen molar-refractivity contribution in [3.05, 3.63) is 29.8 Å². The highest BCUT2D eigenvalue weighted by molar-refractivity contribution is 5.77. The number of benzene rings is 1. The summed E-state index contributed by atoms with van der Waals surface area (Å²) in [5, 5.41) is 5.57. The van der Waals surface area contributed by atoms with E-state index >= 15 is 0 Å². The lowest BCUT2D eigenvalue weighted by Gasteiger charge is -2.09. The van der Waals surface area contributed by atoms with Crippen molar-refractivity contribution in [1.82, 2.24) is 10.6 Å². The minimum atomic E-state index is -0.0179. The van der Waals surface area contributed by atoms with Gasteiger partial charge in [0.2, 0.25) is 11.8 Å². The Hall–Kier alpha value is -2.04. The molecule has 0 aliphatic rings. The van der Waals surface area contributed by atoms with E-state index in [-0.39, 0.29) is 11.8 Å². The van der Waals surface area contributed by atoms with Crippen molar-refractivity contribution in [1.29, 1.82) is 0 Å². The van der Waals surface area contributed by atoms with Crippen LogP contribution in [-0.4, -0.2) is 31.5 Å². The summed E-state index contributed by atoms with van der Waals surface area (Å²) in [5.74, 6) is 1.18. The minimum Gasteiger partial charge on any atom is -0.494 e. The van der Waals surface area contributed by atoms with Crippen LogP contribution in [0, 0.1) is 12.8 Å². The van der Waals surface area contributed by atoms with E-state index in [9.17, 15) is 9.59 Å². The van der Waals surface area contributed by atoms with Crippen LogP contribution in [-0.2, 0) is 9.59 Å². The van der Waals surface area contributed by atoms with Gasteiger partial charge >= 0.3 is 0 Å². The highest BCUT2D eigenvalue weighted by atomic mass is 16.5. The second-order valence-corrected chi connectivity index (χ2v) is 6.06. The fourth-order valence-corrected chi connectivity index (χ4v) is 1.99. The largest absolute Gasteiger partial charge is 0.494 e. The number of amides is 2. The fourth-order valence-electron chi connectivity index (χ4n) is 1.99. The molecule has 0 aliphatic carbocycles. The lowest BCUT2D eigenvalue weighted by Crippen LogP contribution is -2.35. The number of carbonyl (C=O) groups excluding carboxylic acids is 2. The predicted molar refractivity (Wildman–Crippen MR) is 91.4 cm³/mol. The molecule has 0 aliphatic heterocycles. The van der Waals surface area contributed by atoms with Crippen molar-refractivity contribution in [2.24, 2.45) is 5.92 Å². The number of hydrogen-bond donors (Lipinski definition) is 2. The maximum Gasteiger partial charge on any atom is 0.220 e. The minimum absolute atomic E-state index is 0.0179. The van der Waals surface area contributed by atoms with E-state index in [0.717, 1.165) is 5.75 Å². The Balaban J connectivity index is 2.02. The van der Waals surface area contributed by atoms with Gasteiger partial charge in [0.15, 0.2) is 0 Å². The van der Waals surface area contributed by atoms with Gasteiger partial charge in [0.25, 0.3) is 0 Å². The Bertz CT molecular complexity index is 484. The Morgan fingerprint density at radius 2 is 1.65 bits per heavy atom. The summed E-state index contributed by atoms with van der Waals surface area (Å²) >= 11 is 0. The molecule has 0 unspecified atom stereocenters. The smallest absolute Gasteiger partial charge is 0.220 e. The average Bonchev–Trinajstić information content (AvgIpc) is 2.49. The van der Waals surface area contributed by atoms with Crippen molar-refractivity contribution in [3.8, 4) is 5.75 Å². The molecular formula is C18H28N2O3. The summed E-state index contributed by atoms with van der Waals surface area (Å²) in [6.07, 6.45) is 1.61. The monoisotopic (exact) mass is 320 g/mol. The molecule has 1 aromatic carbocycles. The molecule has 2 amide bonds. The molecule has 0 saturated heterocycles. The average molecular weight is 320 g/mol. The van der Waals surface area contributed by atoms with Crippen LogP contribution < -0.4 is 15.4 Å². The lowest BCUT2D eigenvalue weighted by molar-refractivity contribution is -0.123. The van der Waals surface area contributed by atoms with Crippen molar-refractivity contribution < 1.29 is 14.3 Å². The highest BCUT2D eigenvalue weighted by Crippen LogP contribution is 2.11. The zero-order valence-electron chi connectivity index (χ0n) is 14.4. The summed E-state index contributed by atoms with van der Waals surface area (Å²) in [5.41, 5.74) is 1.19. The zero-order valence-corrected chi connectivity index (χ0v) is 14.4. The normalized spacial score (nSPS) is 10.4. The second kappa shape index (κ2) is 10.6. The van der Waals surface area contributed by atoms with Crippen molar-refractivity contribution in [2.75, 3.05) is 19.7 Å². The Morgan fingerprint density at radius 3 is 2.26 bits per heavy atom. The topological polar surface area (TPSA) is 67.4 Å². The maximum absolute atomic E-state index is 11.6. The molecule has 5 nitrogen and oxygen atoms in total. The summed E-state index contributed by atoms with van der Waals surface area (Å²) in [4.78, 5) is 23.1. The van der Waals surface area contributed by atoms with Crippen molar-refractivity contribution in [2.45, 2.75) is 40.0 Å². The second-order valence-electron chi connectivity index (χ2n) is 6.06. The third kappa shape index (κ3) is 9.55. The molecule has 1 aromatic rings. The lowest BCUT2D eigenvalue weighted by atomic mass is 10.1. The van der Waals surface area contributed by atoms with Crippen molar-refractivity contribution in [3.63, 3.8) is 0 Å². The first-order chi connectivity index (χ1) is 11.0. The van der Waals surface area contributed by atoms with E-state index in [1.807, 2.05) is 45.0 Å². The molecule has 2 N–H and O–H groups in total. The maximum atomic E-state index is 11.6. The van der Waals surface area contributed by atoms with Crippen molar-refractivity contribution >= 4 is 11.8 Å². The molecule has 23 heavy (non-hydrogen) atoms. The Morgan fingerprint density at radius 1 is 1.04 bits per heavy atom. The molecule has 128 valence electrons. The molecule has 0 atom stereocenters. The highest BCUT2D eigenvalue weighted by Gasteiger charge is 2.04.